The molecule has 0 aromatic heterocycles. The molecule has 0 saturated heterocycles. The number of hydrogen-bond acceptors (Lipinski definition) is 4. The number of para-hydroxylation sites is 1. The molecule has 0 bridgehead atoms. The predicted octanol–water partition coefficient (Wildman–Crippen LogP) is 2.86. The van der Waals surface area contributed by atoms with Crippen LogP contribution in [0.3, 0.4) is 0 Å². The third-order valence-corrected chi connectivity index (χ3v) is 3.17. The minimum Gasteiger partial charge on any atom is -0.448 e. The van der Waals surface area contributed by atoms with Crippen LogP contribution in [0.5, 0.6) is 0 Å². The number of rotatable bonds is 5. The van der Waals surface area contributed by atoms with Gasteiger partial charge in [-0.05, 0) is 19.1 Å². The molecular formula is C12H16N2O2S2. The quantitative estimate of drug-likeness (QED) is 0.643. The number of benzene rings is 1. The van der Waals surface area contributed by atoms with Crippen molar-refractivity contribution in [3.05, 3.63) is 30.3 Å². The summed E-state index contributed by atoms with van der Waals surface area (Å²) in [6.45, 7) is 3.12. The second-order valence-corrected chi connectivity index (χ2v) is 5.07. The second kappa shape index (κ2) is 8.77. The molecular weight excluding hydrogens is 268 g/mol. The Morgan fingerprint density at radius 1 is 1.39 bits per heavy atom. The Bertz CT molecular complexity index is 385. The molecule has 0 unspecified atom stereocenters. The number of ether oxygens (including phenoxy) is 1. The molecule has 1 rings (SSSR count). The minimum atomic E-state index is -0.448. The summed E-state index contributed by atoms with van der Waals surface area (Å²) in [6, 6.07) is 9.18. The summed E-state index contributed by atoms with van der Waals surface area (Å²) in [5.74, 6) is 0.647. The lowest BCUT2D eigenvalue weighted by atomic mass is 10.3. The van der Waals surface area contributed by atoms with E-state index in [1.807, 2.05) is 25.1 Å². The van der Waals surface area contributed by atoms with Crippen molar-refractivity contribution in [2.24, 2.45) is 0 Å². The van der Waals surface area contributed by atoms with Crippen molar-refractivity contribution in [1.29, 1.82) is 0 Å². The molecule has 0 atom stereocenters. The molecule has 4 nitrogen and oxygen atoms in total. The van der Waals surface area contributed by atoms with Gasteiger partial charge in [-0.25, -0.2) is 4.79 Å². The fraction of sp³-hybridized carbons (Fsp3) is 0.333. The van der Waals surface area contributed by atoms with Gasteiger partial charge in [0.15, 0.2) is 0 Å². The molecule has 0 spiro atoms. The molecule has 0 aliphatic carbocycles. The van der Waals surface area contributed by atoms with Crippen LogP contribution in [0.2, 0.25) is 0 Å². The average Bonchev–Trinajstić information content (AvgIpc) is 2.36. The Morgan fingerprint density at radius 3 is 2.78 bits per heavy atom. The first kappa shape index (κ1) is 14.8. The highest BCUT2D eigenvalue weighted by molar-refractivity contribution is 8.22. The Labute approximate surface area is 116 Å². The Kier molecular flexibility index (Phi) is 7.20. The largest absolute Gasteiger partial charge is 0.448 e. The molecule has 1 aromatic carbocycles. The fourth-order valence-corrected chi connectivity index (χ4v) is 2.13. The Hall–Kier alpha value is -1.27. The zero-order valence-corrected chi connectivity index (χ0v) is 11.8. The van der Waals surface area contributed by atoms with E-state index in [2.05, 4.69) is 10.6 Å². The maximum absolute atomic E-state index is 11.4. The van der Waals surface area contributed by atoms with Crippen molar-refractivity contribution in [2.75, 3.05) is 24.2 Å². The van der Waals surface area contributed by atoms with Gasteiger partial charge in [0, 0.05) is 18.0 Å². The van der Waals surface area contributed by atoms with Crippen LogP contribution in [-0.4, -0.2) is 29.3 Å². The molecule has 18 heavy (non-hydrogen) atoms. The first-order valence-corrected chi connectivity index (χ1v) is 7.01. The van der Waals surface area contributed by atoms with Crippen molar-refractivity contribution in [1.82, 2.24) is 5.32 Å². The molecule has 0 saturated carbocycles. The topological polar surface area (TPSA) is 50.4 Å². The van der Waals surface area contributed by atoms with Gasteiger partial charge < -0.3 is 10.1 Å². The van der Waals surface area contributed by atoms with Crippen molar-refractivity contribution in [3.8, 4) is 0 Å². The zero-order valence-electron chi connectivity index (χ0n) is 10.1. The molecule has 0 radical (unpaired) electrons. The van der Waals surface area contributed by atoms with E-state index in [9.17, 15) is 4.79 Å². The lowest BCUT2D eigenvalue weighted by molar-refractivity contribution is 0.169. The highest BCUT2D eigenvalue weighted by atomic mass is 32.2. The summed E-state index contributed by atoms with van der Waals surface area (Å²) in [5, 5.41) is 5.65. The van der Waals surface area contributed by atoms with Gasteiger partial charge in [0.05, 0.1) is 0 Å². The lowest BCUT2D eigenvalue weighted by Crippen LogP contribution is -2.19. The lowest BCUT2D eigenvalue weighted by Gasteiger charge is -2.07. The Balaban J connectivity index is 2.12. The standard InChI is InChI=1S/C12H16N2O2S2/c1-2-13-12(17)18-9-8-16-11(15)14-10-6-4-3-5-7-10/h3-7H,2,8-9H2,1H3,(H,13,17)(H,14,15). The highest BCUT2D eigenvalue weighted by Gasteiger charge is 2.02. The third kappa shape index (κ3) is 6.46. The van der Waals surface area contributed by atoms with E-state index in [-0.39, 0.29) is 0 Å². The zero-order chi connectivity index (χ0) is 13.2. The van der Waals surface area contributed by atoms with Gasteiger partial charge in [-0.1, -0.05) is 42.2 Å². The van der Waals surface area contributed by atoms with Gasteiger partial charge in [-0.3, -0.25) is 5.32 Å². The monoisotopic (exact) mass is 284 g/mol. The molecule has 0 heterocycles. The summed E-state index contributed by atoms with van der Waals surface area (Å²) < 4.78 is 5.74. The summed E-state index contributed by atoms with van der Waals surface area (Å²) in [4.78, 5) is 11.4. The number of carbonyl (C=O) groups excluding carboxylic acids is 1. The molecule has 6 heteroatoms. The second-order valence-electron chi connectivity index (χ2n) is 3.29. The molecule has 1 amide bonds. The van der Waals surface area contributed by atoms with Crippen LogP contribution in [0.4, 0.5) is 10.5 Å². The van der Waals surface area contributed by atoms with Crippen LogP contribution < -0.4 is 10.6 Å². The van der Waals surface area contributed by atoms with Crippen LogP contribution in [0.1, 0.15) is 6.92 Å². The van der Waals surface area contributed by atoms with E-state index in [0.29, 0.717) is 12.4 Å². The maximum atomic E-state index is 11.4. The van der Waals surface area contributed by atoms with Gasteiger partial charge in [0.2, 0.25) is 0 Å². The van der Waals surface area contributed by atoms with Crippen molar-refractivity contribution < 1.29 is 9.53 Å². The third-order valence-electron chi connectivity index (χ3n) is 1.89. The molecule has 0 aliphatic rings. The first-order chi connectivity index (χ1) is 8.72. The van der Waals surface area contributed by atoms with Gasteiger partial charge in [-0.15, -0.1) is 0 Å². The van der Waals surface area contributed by atoms with Crippen LogP contribution in [0.15, 0.2) is 30.3 Å². The molecule has 1 aromatic rings. The predicted molar refractivity (Wildman–Crippen MR) is 80.1 cm³/mol. The maximum Gasteiger partial charge on any atom is 0.411 e. The van der Waals surface area contributed by atoms with Crippen molar-refractivity contribution in [3.63, 3.8) is 0 Å². The number of hydrogen-bond donors (Lipinski definition) is 2. The summed E-state index contributed by atoms with van der Waals surface area (Å²) >= 11 is 6.50. The van der Waals surface area contributed by atoms with Gasteiger partial charge >= 0.3 is 6.09 Å². The SMILES string of the molecule is CCNC(=S)SCCOC(=O)Nc1ccccc1. The van der Waals surface area contributed by atoms with E-state index in [0.717, 1.165) is 16.6 Å². The minimum absolute atomic E-state index is 0.328. The smallest absolute Gasteiger partial charge is 0.411 e. The number of thiocarbonyl (C=S) groups is 1. The van der Waals surface area contributed by atoms with Crippen molar-refractivity contribution >= 4 is 40.1 Å². The number of carbonyl (C=O) groups is 1. The van der Waals surface area contributed by atoms with E-state index in [4.69, 9.17) is 17.0 Å². The van der Waals surface area contributed by atoms with E-state index < -0.39 is 6.09 Å². The van der Waals surface area contributed by atoms with E-state index in [1.165, 1.54) is 11.8 Å². The normalized spacial score (nSPS) is 9.61. The number of nitrogens with one attached hydrogen (secondary N) is 2. The van der Waals surface area contributed by atoms with Gasteiger partial charge in [-0.2, -0.15) is 0 Å². The van der Waals surface area contributed by atoms with Crippen LogP contribution >= 0.6 is 24.0 Å². The van der Waals surface area contributed by atoms with Crippen LogP contribution in [0, 0.1) is 0 Å². The average molecular weight is 284 g/mol. The van der Waals surface area contributed by atoms with E-state index in [1.54, 1.807) is 12.1 Å². The van der Waals surface area contributed by atoms with Gasteiger partial charge in [0.25, 0.3) is 0 Å². The number of amides is 1. The van der Waals surface area contributed by atoms with Gasteiger partial charge in [0.1, 0.15) is 10.9 Å². The molecule has 98 valence electrons. The fourth-order valence-electron chi connectivity index (χ4n) is 1.14. The molecule has 0 fully saturated rings. The highest BCUT2D eigenvalue weighted by Crippen LogP contribution is 2.06. The summed E-state index contributed by atoms with van der Waals surface area (Å²) in [6.07, 6.45) is -0.448. The number of anilines is 1. The van der Waals surface area contributed by atoms with E-state index >= 15 is 0 Å². The first-order valence-electron chi connectivity index (χ1n) is 5.62. The summed E-state index contributed by atoms with van der Waals surface area (Å²) in [5.41, 5.74) is 0.721. The number of thioether (sulfide) groups is 1. The van der Waals surface area contributed by atoms with Crippen molar-refractivity contribution in [2.45, 2.75) is 6.92 Å². The van der Waals surface area contributed by atoms with Crippen LogP contribution in [0.25, 0.3) is 0 Å². The molecule has 2 N–H and O–H groups in total. The Morgan fingerprint density at radius 2 is 2.11 bits per heavy atom. The molecule has 0 aliphatic heterocycles. The summed E-state index contributed by atoms with van der Waals surface area (Å²) in [7, 11) is 0. The van der Waals surface area contributed by atoms with Crippen LogP contribution in [-0.2, 0) is 4.74 Å².